The van der Waals surface area contributed by atoms with Gasteiger partial charge in [-0.3, -0.25) is 0 Å². The first-order chi connectivity index (χ1) is 8.56. The van der Waals surface area contributed by atoms with Crippen molar-refractivity contribution in [3.8, 4) is 0 Å². The van der Waals surface area contributed by atoms with Gasteiger partial charge in [-0.05, 0) is 37.2 Å². The second kappa shape index (κ2) is 5.79. The summed E-state index contributed by atoms with van der Waals surface area (Å²) in [5, 5.41) is 3.39. The summed E-state index contributed by atoms with van der Waals surface area (Å²) in [6.45, 7) is 5.05. The first kappa shape index (κ1) is 13.5. The molecule has 0 aliphatic heterocycles. The van der Waals surface area contributed by atoms with Crippen LogP contribution in [0.15, 0.2) is 18.2 Å². The van der Waals surface area contributed by atoms with Crippen molar-refractivity contribution in [3.63, 3.8) is 0 Å². The fourth-order valence-electron chi connectivity index (χ4n) is 2.65. The van der Waals surface area contributed by atoms with E-state index in [9.17, 15) is 8.78 Å². The lowest BCUT2D eigenvalue weighted by atomic mass is 9.79. The monoisotopic (exact) mass is 253 g/mol. The largest absolute Gasteiger partial charge is 0.310 e. The van der Waals surface area contributed by atoms with Crippen molar-refractivity contribution < 1.29 is 8.78 Å². The van der Waals surface area contributed by atoms with Crippen LogP contribution in [0.2, 0.25) is 0 Å². The van der Waals surface area contributed by atoms with Gasteiger partial charge in [0.1, 0.15) is 11.6 Å². The van der Waals surface area contributed by atoms with Gasteiger partial charge in [-0.2, -0.15) is 0 Å². The fraction of sp³-hybridized carbons (Fsp3) is 0.600. The second-order valence-corrected chi connectivity index (χ2v) is 5.58. The molecule has 1 nitrogen and oxygen atoms in total. The van der Waals surface area contributed by atoms with E-state index in [2.05, 4.69) is 19.2 Å². The van der Waals surface area contributed by atoms with Crippen LogP contribution >= 0.6 is 0 Å². The molecule has 1 aliphatic rings. The Morgan fingerprint density at radius 1 is 1.17 bits per heavy atom. The molecule has 0 saturated heterocycles. The van der Waals surface area contributed by atoms with E-state index in [0.29, 0.717) is 24.1 Å². The molecule has 2 rings (SSSR count). The first-order valence-corrected chi connectivity index (χ1v) is 6.73. The molecule has 0 heterocycles. The molecule has 18 heavy (non-hydrogen) atoms. The van der Waals surface area contributed by atoms with Crippen molar-refractivity contribution in [3.05, 3.63) is 35.4 Å². The maximum atomic E-state index is 13.5. The van der Waals surface area contributed by atoms with Gasteiger partial charge in [0, 0.05) is 24.2 Å². The Balaban J connectivity index is 1.88. The molecular weight excluding hydrogens is 232 g/mol. The minimum absolute atomic E-state index is 0.459. The zero-order valence-electron chi connectivity index (χ0n) is 11.0. The van der Waals surface area contributed by atoms with E-state index in [0.717, 1.165) is 24.8 Å². The van der Waals surface area contributed by atoms with Gasteiger partial charge in [0.25, 0.3) is 0 Å². The standard InChI is InChI=1S/C15H21F2N/c1-10-3-6-14(7-11(10)2)18-9-12-4-5-13(16)8-15(12)17/h4-5,8,10-11,14,18H,3,6-7,9H2,1-2H3. The van der Waals surface area contributed by atoms with E-state index in [1.807, 2.05) is 0 Å². The molecule has 1 saturated carbocycles. The summed E-state index contributed by atoms with van der Waals surface area (Å²) in [4.78, 5) is 0. The minimum atomic E-state index is -0.517. The van der Waals surface area contributed by atoms with Gasteiger partial charge < -0.3 is 5.32 Å². The van der Waals surface area contributed by atoms with Crippen molar-refractivity contribution in [2.45, 2.75) is 45.7 Å². The number of rotatable bonds is 3. The van der Waals surface area contributed by atoms with Gasteiger partial charge in [0.05, 0.1) is 0 Å². The molecule has 100 valence electrons. The predicted molar refractivity (Wildman–Crippen MR) is 69.2 cm³/mol. The maximum Gasteiger partial charge on any atom is 0.130 e. The number of hydrogen-bond donors (Lipinski definition) is 1. The molecule has 1 aliphatic carbocycles. The average molecular weight is 253 g/mol. The van der Waals surface area contributed by atoms with Crippen LogP contribution < -0.4 is 5.32 Å². The smallest absolute Gasteiger partial charge is 0.130 e. The summed E-state index contributed by atoms with van der Waals surface area (Å²) in [5.74, 6) is 0.524. The number of hydrogen-bond acceptors (Lipinski definition) is 1. The van der Waals surface area contributed by atoms with Crippen LogP contribution in [0.3, 0.4) is 0 Å². The highest BCUT2D eigenvalue weighted by molar-refractivity contribution is 5.18. The van der Waals surface area contributed by atoms with Crippen LogP contribution in [0.1, 0.15) is 38.7 Å². The van der Waals surface area contributed by atoms with Gasteiger partial charge in [0.15, 0.2) is 0 Å². The molecule has 1 aromatic carbocycles. The normalized spacial score (nSPS) is 28.3. The second-order valence-electron chi connectivity index (χ2n) is 5.58. The Hall–Kier alpha value is -0.960. The number of nitrogens with one attached hydrogen (secondary N) is 1. The van der Waals surface area contributed by atoms with Crippen LogP contribution in [0.25, 0.3) is 0 Å². The van der Waals surface area contributed by atoms with Crippen LogP contribution in [-0.4, -0.2) is 6.04 Å². The molecule has 1 N–H and O–H groups in total. The molecule has 1 aromatic rings. The first-order valence-electron chi connectivity index (χ1n) is 6.73. The molecular formula is C15H21F2N. The zero-order valence-corrected chi connectivity index (χ0v) is 11.0. The van der Waals surface area contributed by atoms with Crippen molar-refractivity contribution in [1.82, 2.24) is 5.32 Å². The third-order valence-corrected chi connectivity index (χ3v) is 4.19. The summed E-state index contributed by atoms with van der Waals surface area (Å²) in [5.41, 5.74) is 0.544. The Labute approximate surface area is 108 Å². The molecule has 0 radical (unpaired) electrons. The average Bonchev–Trinajstić information content (AvgIpc) is 2.32. The lowest BCUT2D eigenvalue weighted by molar-refractivity contribution is 0.225. The van der Waals surface area contributed by atoms with E-state index in [1.165, 1.54) is 18.6 Å². The van der Waals surface area contributed by atoms with E-state index in [-0.39, 0.29) is 0 Å². The van der Waals surface area contributed by atoms with E-state index in [1.54, 1.807) is 0 Å². The SMILES string of the molecule is CC1CCC(NCc2ccc(F)cc2F)CC1C. The van der Waals surface area contributed by atoms with Gasteiger partial charge in [-0.1, -0.05) is 19.9 Å². The molecule has 1 fully saturated rings. The summed E-state index contributed by atoms with van der Waals surface area (Å²) >= 11 is 0. The highest BCUT2D eigenvalue weighted by atomic mass is 19.1. The Morgan fingerprint density at radius 3 is 2.61 bits per heavy atom. The fourth-order valence-corrected chi connectivity index (χ4v) is 2.65. The van der Waals surface area contributed by atoms with Gasteiger partial charge >= 0.3 is 0 Å². The zero-order chi connectivity index (χ0) is 13.1. The van der Waals surface area contributed by atoms with Crippen molar-refractivity contribution >= 4 is 0 Å². The van der Waals surface area contributed by atoms with Crippen LogP contribution in [0.4, 0.5) is 8.78 Å². The van der Waals surface area contributed by atoms with Gasteiger partial charge in [-0.15, -0.1) is 0 Å². The molecule has 3 heteroatoms. The Morgan fingerprint density at radius 2 is 1.94 bits per heavy atom. The van der Waals surface area contributed by atoms with E-state index in [4.69, 9.17) is 0 Å². The summed E-state index contributed by atoms with van der Waals surface area (Å²) < 4.78 is 26.2. The van der Waals surface area contributed by atoms with E-state index >= 15 is 0 Å². The highest BCUT2D eigenvalue weighted by Crippen LogP contribution is 2.29. The summed E-state index contributed by atoms with van der Waals surface area (Å²) in [7, 11) is 0. The number of halogens is 2. The van der Waals surface area contributed by atoms with E-state index < -0.39 is 11.6 Å². The van der Waals surface area contributed by atoms with Crippen LogP contribution in [-0.2, 0) is 6.54 Å². The Bertz CT molecular complexity index is 405. The topological polar surface area (TPSA) is 12.0 Å². The highest BCUT2D eigenvalue weighted by Gasteiger charge is 2.24. The molecule has 3 unspecified atom stereocenters. The van der Waals surface area contributed by atoms with Crippen molar-refractivity contribution in [1.29, 1.82) is 0 Å². The van der Waals surface area contributed by atoms with Crippen LogP contribution in [0.5, 0.6) is 0 Å². The Kier molecular flexibility index (Phi) is 4.33. The number of benzene rings is 1. The van der Waals surface area contributed by atoms with Crippen LogP contribution in [0, 0.1) is 23.5 Å². The van der Waals surface area contributed by atoms with Crippen molar-refractivity contribution in [2.24, 2.45) is 11.8 Å². The quantitative estimate of drug-likeness (QED) is 0.862. The molecule has 3 atom stereocenters. The minimum Gasteiger partial charge on any atom is -0.310 e. The van der Waals surface area contributed by atoms with Gasteiger partial charge in [-0.25, -0.2) is 8.78 Å². The molecule has 0 amide bonds. The third-order valence-electron chi connectivity index (χ3n) is 4.19. The molecule has 0 bridgehead atoms. The third kappa shape index (κ3) is 3.29. The molecule has 0 aromatic heterocycles. The summed E-state index contributed by atoms with van der Waals surface area (Å²) in [6.07, 6.45) is 3.52. The predicted octanol–water partition coefficient (Wildman–Crippen LogP) is 3.88. The maximum absolute atomic E-state index is 13.5. The summed E-state index contributed by atoms with van der Waals surface area (Å²) in [6, 6.07) is 4.24. The molecule has 0 spiro atoms. The lowest BCUT2D eigenvalue weighted by Gasteiger charge is -2.32. The lowest BCUT2D eigenvalue weighted by Crippen LogP contribution is -2.35. The van der Waals surface area contributed by atoms with Gasteiger partial charge in [0.2, 0.25) is 0 Å². The van der Waals surface area contributed by atoms with Crippen molar-refractivity contribution in [2.75, 3.05) is 0 Å².